The van der Waals surface area contributed by atoms with Gasteiger partial charge in [-0.25, -0.2) is 0 Å². The summed E-state index contributed by atoms with van der Waals surface area (Å²) >= 11 is 11.7. The summed E-state index contributed by atoms with van der Waals surface area (Å²) < 4.78 is 16.9. The first-order valence-corrected chi connectivity index (χ1v) is 7.50. The fraction of sp³-hybridized carbons (Fsp3) is 0.250. The zero-order chi connectivity index (χ0) is 13.1. The fourth-order valence-electron chi connectivity index (χ4n) is 1.52. The first-order chi connectivity index (χ1) is 8.54. The van der Waals surface area contributed by atoms with Gasteiger partial charge >= 0.3 is 0 Å². The molecule has 0 radical (unpaired) electrons. The van der Waals surface area contributed by atoms with Crippen LogP contribution < -0.4 is 0 Å². The fourth-order valence-corrected chi connectivity index (χ4v) is 2.96. The van der Waals surface area contributed by atoms with Crippen molar-refractivity contribution in [2.45, 2.75) is 18.4 Å². The normalized spacial score (nSPS) is 12.6. The maximum Gasteiger partial charge on any atom is 0.133 e. The molecule has 18 heavy (non-hydrogen) atoms. The number of benzene rings is 1. The van der Waals surface area contributed by atoms with E-state index in [9.17, 15) is 4.21 Å². The number of rotatable bonds is 4. The zero-order valence-electron chi connectivity index (χ0n) is 9.65. The van der Waals surface area contributed by atoms with Crippen LogP contribution in [0.2, 0.25) is 10.0 Å². The molecule has 2 rings (SSSR count). The van der Waals surface area contributed by atoms with Crippen LogP contribution in [0.3, 0.4) is 0 Å². The van der Waals surface area contributed by atoms with Crippen LogP contribution in [0, 0.1) is 6.92 Å². The number of aryl methyl sites for hydroxylation is 1. The molecule has 1 unspecified atom stereocenters. The molecule has 0 amide bonds. The minimum Gasteiger partial charge on any atom is -0.361 e. The Morgan fingerprint density at radius 1 is 1.22 bits per heavy atom. The lowest BCUT2D eigenvalue weighted by Crippen LogP contribution is -1.99. The van der Waals surface area contributed by atoms with Crippen molar-refractivity contribution in [2.24, 2.45) is 0 Å². The molecule has 1 atom stereocenters. The monoisotopic (exact) mass is 303 g/mol. The second kappa shape index (κ2) is 5.87. The quantitative estimate of drug-likeness (QED) is 0.864. The van der Waals surface area contributed by atoms with Crippen LogP contribution in [-0.4, -0.2) is 9.37 Å². The Morgan fingerprint density at radius 2 is 2.00 bits per heavy atom. The van der Waals surface area contributed by atoms with Crippen molar-refractivity contribution in [3.8, 4) is 0 Å². The molecule has 1 aromatic carbocycles. The summed E-state index contributed by atoms with van der Waals surface area (Å²) in [6.45, 7) is 1.80. The van der Waals surface area contributed by atoms with E-state index in [1.807, 2.05) is 6.07 Å². The molecule has 0 bridgehead atoms. The highest BCUT2D eigenvalue weighted by Crippen LogP contribution is 2.23. The number of hydrogen-bond acceptors (Lipinski definition) is 3. The molecule has 3 nitrogen and oxygen atoms in total. The molecule has 0 fully saturated rings. The molecule has 0 spiro atoms. The maximum absolute atomic E-state index is 11.9. The molecule has 0 aliphatic rings. The van der Waals surface area contributed by atoms with Gasteiger partial charge in [0.05, 0.1) is 21.5 Å². The summed E-state index contributed by atoms with van der Waals surface area (Å²) in [5.74, 6) is 1.51. The van der Waals surface area contributed by atoms with E-state index in [-0.39, 0.29) is 0 Å². The molecule has 96 valence electrons. The molecular weight excluding hydrogens is 293 g/mol. The lowest BCUT2D eigenvalue weighted by molar-refractivity contribution is 0.392. The number of halogens is 2. The number of aromatic nitrogens is 1. The van der Waals surface area contributed by atoms with E-state index in [4.69, 9.17) is 27.7 Å². The van der Waals surface area contributed by atoms with Crippen molar-refractivity contribution in [1.82, 2.24) is 5.16 Å². The van der Waals surface area contributed by atoms with E-state index in [0.29, 0.717) is 27.2 Å². The second-order valence-corrected chi connectivity index (χ2v) is 6.18. The van der Waals surface area contributed by atoms with Crippen molar-refractivity contribution in [2.75, 3.05) is 0 Å². The van der Waals surface area contributed by atoms with Gasteiger partial charge in [-0.15, -0.1) is 0 Å². The summed E-state index contributed by atoms with van der Waals surface area (Å²) in [7, 11) is -1.05. The summed E-state index contributed by atoms with van der Waals surface area (Å²) in [6.07, 6.45) is 0. The van der Waals surface area contributed by atoms with Crippen LogP contribution in [0.1, 0.15) is 17.0 Å². The molecule has 1 aromatic heterocycles. The lowest BCUT2D eigenvalue weighted by atomic mass is 10.2. The Hall–Kier alpha value is -0.840. The van der Waals surface area contributed by atoms with Gasteiger partial charge in [-0.1, -0.05) is 34.4 Å². The van der Waals surface area contributed by atoms with E-state index in [0.717, 1.165) is 11.3 Å². The van der Waals surface area contributed by atoms with Crippen LogP contribution in [0.25, 0.3) is 0 Å². The number of nitrogens with zero attached hydrogens (tertiary/aromatic N) is 1. The minimum absolute atomic E-state index is 0.373. The van der Waals surface area contributed by atoms with Gasteiger partial charge in [0.25, 0.3) is 0 Å². The van der Waals surface area contributed by atoms with Crippen LogP contribution in [0.4, 0.5) is 0 Å². The van der Waals surface area contributed by atoms with Gasteiger partial charge in [0.15, 0.2) is 0 Å². The van der Waals surface area contributed by atoms with Crippen molar-refractivity contribution in [3.05, 3.63) is 51.3 Å². The molecular formula is C12H11Cl2NO2S. The molecule has 2 aromatic rings. The highest BCUT2D eigenvalue weighted by Gasteiger charge is 2.08. The van der Waals surface area contributed by atoms with Gasteiger partial charge in [-0.05, 0) is 24.6 Å². The van der Waals surface area contributed by atoms with E-state index < -0.39 is 10.8 Å². The highest BCUT2D eigenvalue weighted by molar-refractivity contribution is 7.83. The van der Waals surface area contributed by atoms with Crippen molar-refractivity contribution >= 4 is 34.0 Å². The topological polar surface area (TPSA) is 43.1 Å². The van der Waals surface area contributed by atoms with Crippen LogP contribution in [0.5, 0.6) is 0 Å². The van der Waals surface area contributed by atoms with Gasteiger partial charge < -0.3 is 4.52 Å². The average molecular weight is 304 g/mol. The van der Waals surface area contributed by atoms with Crippen LogP contribution in [0.15, 0.2) is 28.8 Å². The largest absolute Gasteiger partial charge is 0.361 e. The van der Waals surface area contributed by atoms with E-state index in [2.05, 4.69) is 5.16 Å². The molecule has 0 aliphatic carbocycles. The first-order valence-electron chi connectivity index (χ1n) is 5.25. The summed E-state index contributed by atoms with van der Waals surface area (Å²) in [6, 6.07) is 7.04. The van der Waals surface area contributed by atoms with Crippen LogP contribution in [-0.2, 0) is 22.3 Å². The molecule has 0 saturated heterocycles. The van der Waals surface area contributed by atoms with Crippen molar-refractivity contribution in [1.29, 1.82) is 0 Å². The average Bonchev–Trinajstić information content (AvgIpc) is 2.69. The first kappa shape index (κ1) is 13.6. The summed E-state index contributed by atoms with van der Waals surface area (Å²) in [5, 5.41) is 4.79. The third kappa shape index (κ3) is 3.57. The molecule has 0 N–H and O–H groups in total. The Kier molecular flexibility index (Phi) is 4.43. The van der Waals surface area contributed by atoms with Gasteiger partial charge in [0, 0.05) is 22.6 Å². The molecule has 0 saturated carbocycles. The van der Waals surface area contributed by atoms with E-state index in [1.165, 1.54) is 0 Å². The Balaban J connectivity index is 2.00. The second-order valence-electron chi connectivity index (χ2n) is 3.91. The lowest BCUT2D eigenvalue weighted by Gasteiger charge is -2.02. The third-order valence-electron chi connectivity index (χ3n) is 2.30. The van der Waals surface area contributed by atoms with E-state index >= 15 is 0 Å². The maximum atomic E-state index is 11.9. The third-order valence-corrected chi connectivity index (χ3v) is 4.31. The Bertz CT molecular complexity index is 583. The van der Waals surface area contributed by atoms with Crippen molar-refractivity contribution in [3.63, 3.8) is 0 Å². The van der Waals surface area contributed by atoms with Gasteiger partial charge in [0.1, 0.15) is 5.76 Å². The Labute approximate surface area is 118 Å². The summed E-state index contributed by atoms with van der Waals surface area (Å²) in [5.41, 5.74) is 1.59. The number of hydrogen-bond donors (Lipinski definition) is 0. The zero-order valence-corrected chi connectivity index (χ0v) is 12.0. The predicted molar refractivity (Wildman–Crippen MR) is 73.3 cm³/mol. The van der Waals surface area contributed by atoms with E-state index in [1.54, 1.807) is 25.1 Å². The van der Waals surface area contributed by atoms with Gasteiger partial charge in [-0.2, -0.15) is 0 Å². The Morgan fingerprint density at radius 3 is 2.61 bits per heavy atom. The summed E-state index contributed by atoms with van der Waals surface area (Å²) in [4.78, 5) is 0. The van der Waals surface area contributed by atoms with Crippen LogP contribution >= 0.6 is 23.2 Å². The van der Waals surface area contributed by atoms with Crippen molar-refractivity contribution < 1.29 is 8.73 Å². The molecule has 0 aliphatic heterocycles. The molecule has 6 heteroatoms. The highest BCUT2D eigenvalue weighted by atomic mass is 35.5. The molecule has 1 heterocycles. The van der Waals surface area contributed by atoms with Gasteiger partial charge in [-0.3, -0.25) is 4.21 Å². The minimum atomic E-state index is -1.05. The smallest absolute Gasteiger partial charge is 0.133 e. The SMILES string of the molecule is Cc1cc(CS(=O)Cc2ccc(Cl)c(Cl)c2)no1. The van der Waals surface area contributed by atoms with Gasteiger partial charge in [0.2, 0.25) is 0 Å². The predicted octanol–water partition coefficient (Wildman–Crippen LogP) is 3.74. The standard InChI is InChI=1S/C12H11Cl2NO2S/c1-8-4-10(15-17-8)7-18(16)6-9-2-3-11(13)12(14)5-9/h2-5H,6-7H2,1H3.